The van der Waals surface area contributed by atoms with Crippen LogP contribution in [0.15, 0.2) is 0 Å². The minimum Gasteiger partial charge on any atom is -0.736 e. The second kappa shape index (κ2) is 9.25. The predicted octanol–water partition coefficient (Wildman–Crippen LogP) is -4.79. The topological polar surface area (TPSA) is 250 Å². The van der Waals surface area contributed by atoms with Crippen molar-refractivity contribution in [2.45, 2.75) is 0 Å². The van der Waals surface area contributed by atoms with Crippen LogP contribution in [-0.4, -0.2) is 38.9 Å². The van der Waals surface area contributed by atoms with Crippen molar-refractivity contribution in [3.8, 4) is 0 Å². The summed E-state index contributed by atoms with van der Waals surface area (Å²) in [6.45, 7) is 0. The third-order valence-electron chi connectivity index (χ3n) is 0. The molecule has 1 radical (unpaired) electrons. The van der Waals surface area contributed by atoms with E-state index < -0.39 is 30.9 Å². The zero-order valence-electron chi connectivity index (χ0n) is 7.08. The summed E-state index contributed by atoms with van der Waals surface area (Å²) < 4.78 is 79.7. The Kier molecular flexibility index (Phi) is 14.5. The maximum absolute atomic E-state index is 8.85. The molecule has 0 aliphatic rings. The van der Waals surface area contributed by atoms with E-state index in [-0.39, 0.29) is 18.6 Å². The molecule has 16 heavy (non-hydrogen) atoms. The van der Waals surface area contributed by atoms with E-state index in [9.17, 15) is 0 Å². The molecule has 12 nitrogen and oxygen atoms in total. The average Bonchev–Trinajstić information content (AvgIpc) is 1.41. The smallest absolute Gasteiger partial charge is 0.156 e. The first-order valence-electron chi connectivity index (χ1n) is 2.21. The van der Waals surface area contributed by atoms with Gasteiger partial charge in [0, 0.05) is 18.6 Å². The Morgan fingerprint density at radius 3 is 0.562 bits per heavy atom. The fourth-order valence-electron chi connectivity index (χ4n) is 0. The van der Waals surface area contributed by atoms with E-state index in [0.717, 1.165) is 0 Å². The summed E-state index contributed by atoms with van der Waals surface area (Å²) >= 11 is 0. The molecule has 0 aliphatic carbocycles. The van der Waals surface area contributed by atoms with E-state index in [0.29, 0.717) is 0 Å². The average molecular weight is 339 g/mol. The largest absolute Gasteiger partial charge is 0.736 e. The Morgan fingerprint density at radius 2 is 0.562 bits per heavy atom. The molecule has 0 aromatic rings. The summed E-state index contributed by atoms with van der Waals surface area (Å²) in [4.78, 5) is 0. The first-order chi connectivity index (χ1) is 6.00. The van der Waals surface area contributed by atoms with Crippen molar-refractivity contribution in [2.75, 3.05) is 0 Å². The Labute approximate surface area is 104 Å². The monoisotopic (exact) mass is 339 g/mol. The van der Waals surface area contributed by atoms with Crippen LogP contribution in [-0.2, 0) is 49.5 Å². The van der Waals surface area contributed by atoms with Gasteiger partial charge in [-0.05, 0) is 0 Å². The second-order valence-corrected chi connectivity index (χ2v) is 4.44. The number of rotatable bonds is 0. The van der Waals surface area contributed by atoms with E-state index in [1.165, 1.54) is 0 Å². The van der Waals surface area contributed by atoms with Crippen LogP contribution in [0.2, 0.25) is 0 Å². The molecule has 0 saturated carbocycles. The predicted molar refractivity (Wildman–Crippen MR) is 41.7 cm³/mol. The molecular weight excluding hydrogens is 333 g/mol. The third kappa shape index (κ3) is 65400. The molecule has 101 valence electrons. The van der Waals surface area contributed by atoms with Crippen LogP contribution in [0.1, 0.15) is 0 Å². The van der Waals surface area contributed by atoms with Crippen molar-refractivity contribution >= 4 is 30.9 Å². The molecule has 0 atom stereocenters. The zero-order valence-corrected chi connectivity index (χ0v) is 10.9. The molecule has 0 aliphatic heterocycles. The van der Waals surface area contributed by atoms with Gasteiger partial charge in [-0.1, -0.05) is 0 Å². The van der Waals surface area contributed by atoms with Crippen LogP contribution in [0.25, 0.3) is 0 Å². The molecule has 0 aromatic carbocycles. The van der Waals surface area contributed by atoms with Gasteiger partial charge in [0.25, 0.3) is 0 Å². The maximum Gasteiger partial charge on any atom is 0.156 e. The molecule has 6 N–H and O–H groups in total. The molecule has 0 heterocycles. The summed E-state index contributed by atoms with van der Waals surface area (Å²) in [6.07, 6.45) is 0. The molecule has 0 fully saturated rings. The van der Waals surface area contributed by atoms with Gasteiger partial charge in [-0.15, -0.1) is 0 Å². The Hall–Kier alpha value is 0.194. The summed E-state index contributed by atoms with van der Waals surface area (Å²) in [6, 6.07) is 0. The van der Waals surface area contributed by atoms with Gasteiger partial charge in [-0.3, -0.25) is 0 Å². The molecule has 0 saturated heterocycles. The van der Waals surface area contributed by atoms with Crippen LogP contribution in [0.3, 0.4) is 0 Å². The van der Waals surface area contributed by atoms with Crippen LogP contribution >= 0.6 is 0 Å². The van der Waals surface area contributed by atoms with Gasteiger partial charge in [0.1, 0.15) is 0 Å². The van der Waals surface area contributed by atoms with Crippen molar-refractivity contribution in [2.24, 2.45) is 15.4 Å². The van der Waals surface area contributed by atoms with E-state index in [2.05, 4.69) is 15.4 Å². The van der Waals surface area contributed by atoms with Crippen LogP contribution in [0.4, 0.5) is 0 Å². The molecule has 0 aromatic heterocycles. The van der Waals surface area contributed by atoms with E-state index in [1.54, 1.807) is 0 Å². The summed E-state index contributed by atoms with van der Waals surface area (Å²) in [5.74, 6) is 0. The van der Waals surface area contributed by atoms with Gasteiger partial charge >= 0.3 is 0 Å². The van der Waals surface area contributed by atoms with Crippen LogP contribution in [0.5, 0.6) is 0 Å². The fourth-order valence-corrected chi connectivity index (χ4v) is 0. The van der Waals surface area contributed by atoms with Gasteiger partial charge in [0.15, 0.2) is 30.9 Å². The first kappa shape index (κ1) is 25.1. The van der Waals surface area contributed by atoms with Crippen LogP contribution in [0, 0.1) is 0 Å². The molecule has 0 unspecified atom stereocenters. The molecule has 16 heteroatoms. The van der Waals surface area contributed by atoms with Gasteiger partial charge in [0.2, 0.25) is 0 Å². The van der Waals surface area contributed by atoms with Crippen LogP contribution < -0.4 is 15.4 Å². The molecule has 0 bridgehead atoms. The van der Waals surface area contributed by atoms with Crippen molar-refractivity contribution in [3.05, 3.63) is 0 Å². The second-order valence-electron chi connectivity index (χ2n) is 1.48. The molecule has 0 spiro atoms. The Bertz CT molecular complexity index is 347. The SMILES string of the molecule is NS(=O)(=O)[O-].NS(=O)(=O)[O-].NS(=O)(=O)[O-].[V]. The van der Waals surface area contributed by atoms with E-state index in [1.807, 2.05) is 0 Å². The first-order valence-corrected chi connectivity index (χ1v) is 6.62. The normalized spacial score (nSPS) is 10.9. The van der Waals surface area contributed by atoms with Crippen molar-refractivity contribution in [1.82, 2.24) is 0 Å². The van der Waals surface area contributed by atoms with Gasteiger partial charge in [0.05, 0.1) is 0 Å². The van der Waals surface area contributed by atoms with Crippen molar-refractivity contribution in [3.63, 3.8) is 0 Å². The summed E-state index contributed by atoms with van der Waals surface area (Å²) in [5, 5.41) is 11.3. The Balaban J connectivity index is -0.0000000655. The van der Waals surface area contributed by atoms with Crippen molar-refractivity contribution < 1.29 is 57.5 Å². The van der Waals surface area contributed by atoms with Gasteiger partial charge in [-0.2, -0.15) is 0 Å². The third-order valence-corrected chi connectivity index (χ3v) is 0. The number of hydrogen-bond acceptors (Lipinski definition) is 9. The minimum atomic E-state index is -4.42. The zero-order chi connectivity index (χ0) is 13.5. The number of nitrogens with two attached hydrogens (primary N) is 3. The standard InChI is InChI=1S/3H3NO3S.V/c3*1-5(2,3)4;/h3*(H3,1,2,3,4);/p-3. The quantitative estimate of drug-likeness (QED) is 0.357. The molecule has 0 rings (SSSR count). The molecule has 0 amide bonds. The minimum absolute atomic E-state index is 0. The van der Waals surface area contributed by atoms with Crippen molar-refractivity contribution in [1.29, 1.82) is 0 Å². The van der Waals surface area contributed by atoms with Gasteiger partial charge < -0.3 is 13.7 Å². The maximum atomic E-state index is 8.85. The van der Waals surface area contributed by atoms with E-state index >= 15 is 0 Å². The summed E-state index contributed by atoms with van der Waals surface area (Å²) in [7, 11) is -13.2. The fraction of sp³-hybridized carbons (Fsp3) is 0. The van der Waals surface area contributed by atoms with Gasteiger partial charge in [-0.25, -0.2) is 40.7 Å². The number of hydrogen-bond donors (Lipinski definition) is 3. The summed E-state index contributed by atoms with van der Waals surface area (Å²) in [5.41, 5.74) is 0. The molecular formula is H6N3O9S3V-3. The van der Waals surface area contributed by atoms with E-state index in [4.69, 9.17) is 38.9 Å². The Morgan fingerprint density at radius 1 is 0.562 bits per heavy atom.